The second kappa shape index (κ2) is 6.07. The van der Waals surface area contributed by atoms with E-state index in [1.54, 1.807) is 0 Å². The zero-order valence-electron chi connectivity index (χ0n) is 10.0. The van der Waals surface area contributed by atoms with Gasteiger partial charge in [-0.3, -0.25) is 4.98 Å². The number of hydrogen-bond acceptors (Lipinski definition) is 7. The Morgan fingerprint density at radius 3 is 2.11 bits per heavy atom. The summed E-state index contributed by atoms with van der Waals surface area (Å²) in [5.41, 5.74) is -0.111. The quantitative estimate of drug-likeness (QED) is 0.539. The number of pyridine rings is 1. The van der Waals surface area contributed by atoms with Gasteiger partial charge in [0.2, 0.25) is 0 Å². The summed E-state index contributed by atoms with van der Waals surface area (Å²) < 4.78 is 32.0. The average Bonchev–Trinajstić information content (AvgIpc) is 2.20. The molecule has 0 aromatic carbocycles. The van der Waals surface area contributed by atoms with E-state index in [9.17, 15) is 18.1 Å². The molecule has 0 amide bonds. The van der Waals surface area contributed by atoms with Gasteiger partial charge in [-0.2, -0.15) is 0 Å². The molecule has 0 saturated carbocycles. The lowest BCUT2D eigenvalue weighted by Gasteiger charge is -2.15. The number of hydrogen-bond donors (Lipinski definition) is 4. The Morgan fingerprint density at radius 2 is 1.72 bits per heavy atom. The summed E-state index contributed by atoms with van der Waals surface area (Å²) in [6.45, 7) is 0.190. The van der Waals surface area contributed by atoms with Gasteiger partial charge in [0.05, 0.1) is 30.4 Å². The third-order valence-electron chi connectivity index (χ3n) is 2.27. The molecular weight excluding hydrogens is 264 g/mol. The van der Waals surface area contributed by atoms with Gasteiger partial charge in [-0.15, -0.1) is 0 Å². The molecule has 0 saturated heterocycles. The van der Waals surface area contributed by atoms with Crippen LogP contribution < -0.4 is 6.15 Å². The number of aryl methyl sites for hydroxylation is 1. The summed E-state index contributed by atoms with van der Waals surface area (Å²) in [4.78, 5) is 3.74. The molecule has 0 aliphatic heterocycles. The van der Waals surface area contributed by atoms with Crippen LogP contribution in [-0.2, 0) is 29.1 Å². The van der Waals surface area contributed by atoms with Gasteiger partial charge >= 0.3 is 0 Å². The first-order valence-electron chi connectivity index (χ1n) is 4.65. The Morgan fingerprint density at radius 1 is 1.22 bits per heavy atom. The Kier molecular flexibility index (Phi) is 5.64. The molecule has 8 nitrogen and oxygen atoms in total. The van der Waals surface area contributed by atoms with Crippen molar-refractivity contribution in [3.05, 3.63) is 22.5 Å². The Labute approximate surface area is 104 Å². The molecule has 7 N–H and O–H groups in total. The van der Waals surface area contributed by atoms with E-state index in [1.165, 1.54) is 6.92 Å². The summed E-state index contributed by atoms with van der Waals surface area (Å²) >= 11 is 0. The van der Waals surface area contributed by atoms with Crippen molar-refractivity contribution >= 4 is 10.1 Å². The minimum Gasteiger partial charge on any atom is -0.748 e. The summed E-state index contributed by atoms with van der Waals surface area (Å²) in [7, 11) is -4.55. The summed E-state index contributed by atoms with van der Waals surface area (Å²) in [5, 5.41) is 27.7. The summed E-state index contributed by atoms with van der Waals surface area (Å²) in [6, 6.07) is 0. The average molecular weight is 280 g/mol. The maximum atomic E-state index is 10.7. The third-order valence-corrected chi connectivity index (χ3v) is 2.90. The van der Waals surface area contributed by atoms with Crippen LogP contribution in [0.15, 0.2) is 0 Å². The highest BCUT2D eigenvalue weighted by molar-refractivity contribution is 7.84. The molecule has 1 heterocycles. The molecule has 0 fully saturated rings. The van der Waals surface area contributed by atoms with Crippen LogP contribution in [0, 0.1) is 6.92 Å². The zero-order valence-corrected chi connectivity index (χ0v) is 10.9. The largest absolute Gasteiger partial charge is 0.748 e. The van der Waals surface area contributed by atoms with Gasteiger partial charge < -0.3 is 26.0 Å². The van der Waals surface area contributed by atoms with Crippen LogP contribution in [-0.4, -0.2) is 33.3 Å². The van der Waals surface area contributed by atoms with Gasteiger partial charge in [-0.1, -0.05) is 0 Å². The minimum atomic E-state index is -4.55. The molecule has 0 radical (unpaired) electrons. The van der Waals surface area contributed by atoms with Gasteiger partial charge in [0.1, 0.15) is 15.9 Å². The Balaban J connectivity index is 0.00000289. The molecule has 1 rings (SSSR count). The monoisotopic (exact) mass is 280 g/mol. The molecule has 104 valence electrons. The normalized spacial score (nSPS) is 11.1. The van der Waals surface area contributed by atoms with Gasteiger partial charge in [-0.05, 0) is 6.92 Å². The number of aromatic nitrogens is 1. The van der Waals surface area contributed by atoms with E-state index in [4.69, 9.17) is 10.2 Å². The molecule has 18 heavy (non-hydrogen) atoms. The first kappa shape index (κ1) is 16.7. The van der Waals surface area contributed by atoms with Gasteiger partial charge in [-0.25, -0.2) is 8.42 Å². The van der Waals surface area contributed by atoms with Gasteiger partial charge in [0.25, 0.3) is 0 Å². The minimum absolute atomic E-state index is 0. The number of aromatic hydroxyl groups is 1. The lowest BCUT2D eigenvalue weighted by atomic mass is 10.1. The highest BCUT2D eigenvalue weighted by Gasteiger charge is 2.17. The van der Waals surface area contributed by atoms with E-state index in [0.717, 1.165) is 0 Å². The zero-order chi connectivity index (χ0) is 13.2. The molecule has 0 bridgehead atoms. The van der Waals surface area contributed by atoms with Crippen LogP contribution in [0.4, 0.5) is 0 Å². The highest BCUT2D eigenvalue weighted by atomic mass is 32.2. The van der Waals surface area contributed by atoms with Crippen molar-refractivity contribution in [1.82, 2.24) is 11.1 Å². The second-order valence-electron chi connectivity index (χ2n) is 3.47. The fourth-order valence-electron chi connectivity index (χ4n) is 1.50. The van der Waals surface area contributed by atoms with E-state index in [2.05, 4.69) is 4.98 Å². The lowest BCUT2D eigenvalue weighted by molar-refractivity contribution is 0.253. The second-order valence-corrected chi connectivity index (χ2v) is 4.87. The molecule has 1 aromatic heterocycles. The molecule has 9 heteroatoms. The molecule has 0 aliphatic carbocycles. The molecule has 0 atom stereocenters. The molecule has 0 unspecified atom stereocenters. The van der Waals surface area contributed by atoms with E-state index >= 15 is 0 Å². The maximum absolute atomic E-state index is 10.7. The molecule has 0 aliphatic rings. The van der Waals surface area contributed by atoms with Crippen molar-refractivity contribution in [2.24, 2.45) is 0 Å². The van der Waals surface area contributed by atoms with Crippen molar-refractivity contribution < 1.29 is 28.3 Å². The maximum Gasteiger partial charge on any atom is 0.142 e. The van der Waals surface area contributed by atoms with Crippen LogP contribution in [0.25, 0.3) is 0 Å². The SMILES string of the molecule is Cc1nc(CS(=O)(=O)[O-])c(CO)c(CO)c1O.[NH4+]. The van der Waals surface area contributed by atoms with Crippen molar-refractivity contribution in [2.75, 3.05) is 0 Å². The smallest absolute Gasteiger partial charge is 0.142 e. The Hall–Kier alpha value is -1.26. The number of aliphatic hydroxyl groups excluding tert-OH is 2. The molecule has 1 aromatic rings. The third kappa shape index (κ3) is 3.62. The molecular formula is C9H16N2O6S. The number of nitrogens with zero attached hydrogens (tertiary/aromatic N) is 1. The summed E-state index contributed by atoms with van der Waals surface area (Å²) in [5.74, 6) is -1.21. The first-order valence-corrected chi connectivity index (χ1v) is 6.23. The fourth-order valence-corrected chi connectivity index (χ4v) is 2.08. The number of rotatable bonds is 4. The van der Waals surface area contributed by atoms with Crippen molar-refractivity contribution in [3.8, 4) is 5.75 Å². The van der Waals surface area contributed by atoms with Crippen molar-refractivity contribution in [3.63, 3.8) is 0 Å². The summed E-state index contributed by atoms with van der Waals surface area (Å²) in [6.07, 6.45) is 0. The standard InChI is InChI=1S/C9H13NO6S.H3N/c1-5-9(13)7(3-12)6(2-11)8(10-5)4-17(14,15)16;/h11-13H,2-4H2,1H3,(H,14,15,16);1H3. The number of aliphatic hydroxyl groups is 2. The van der Waals surface area contributed by atoms with Crippen LogP contribution in [0.2, 0.25) is 0 Å². The van der Waals surface area contributed by atoms with Crippen LogP contribution in [0.3, 0.4) is 0 Å². The van der Waals surface area contributed by atoms with E-state index in [-0.39, 0.29) is 34.4 Å². The predicted octanol–water partition coefficient (Wildman–Crippen LogP) is -0.498. The molecule has 0 spiro atoms. The van der Waals surface area contributed by atoms with Gasteiger partial charge in [0, 0.05) is 11.1 Å². The predicted molar refractivity (Wildman–Crippen MR) is 61.9 cm³/mol. The van der Waals surface area contributed by atoms with Crippen LogP contribution >= 0.6 is 0 Å². The lowest BCUT2D eigenvalue weighted by Crippen LogP contribution is -2.11. The van der Waals surface area contributed by atoms with Crippen molar-refractivity contribution in [2.45, 2.75) is 25.9 Å². The van der Waals surface area contributed by atoms with E-state index in [0.29, 0.717) is 0 Å². The topological polar surface area (TPSA) is 167 Å². The van der Waals surface area contributed by atoms with Gasteiger partial charge in [0.15, 0.2) is 0 Å². The van der Waals surface area contributed by atoms with E-state index < -0.39 is 29.1 Å². The number of quaternary nitrogens is 1. The van der Waals surface area contributed by atoms with Crippen LogP contribution in [0.1, 0.15) is 22.5 Å². The van der Waals surface area contributed by atoms with Crippen LogP contribution in [0.5, 0.6) is 5.75 Å². The first-order chi connectivity index (χ1) is 7.80. The highest BCUT2D eigenvalue weighted by Crippen LogP contribution is 2.27. The van der Waals surface area contributed by atoms with Crippen molar-refractivity contribution in [1.29, 1.82) is 0 Å². The Bertz CT molecular complexity index is 528. The fraction of sp³-hybridized carbons (Fsp3) is 0.444. The van der Waals surface area contributed by atoms with E-state index in [1.807, 2.05) is 0 Å².